The van der Waals surface area contributed by atoms with Gasteiger partial charge in [-0.05, 0) is 56.4 Å². The summed E-state index contributed by atoms with van der Waals surface area (Å²) >= 11 is 0. The van der Waals surface area contributed by atoms with Crippen molar-refractivity contribution in [1.82, 2.24) is 0 Å². The summed E-state index contributed by atoms with van der Waals surface area (Å²) in [5.41, 5.74) is 1.91. The van der Waals surface area contributed by atoms with Gasteiger partial charge in [-0.2, -0.15) is 0 Å². The van der Waals surface area contributed by atoms with Crippen LogP contribution < -0.4 is 4.90 Å². The lowest BCUT2D eigenvalue weighted by atomic mass is 10.1. The number of anilines is 1. The fourth-order valence-electron chi connectivity index (χ4n) is 3.15. The van der Waals surface area contributed by atoms with E-state index in [0.717, 1.165) is 44.4 Å². The number of benzene rings is 1. The Bertz CT molecular complexity index is 469. The Morgan fingerprint density at radius 2 is 1.80 bits per heavy atom. The largest absolute Gasteiger partial charge is 0.375 e. The molecule has 0 spiro atoms. The van der Waals surface area contributed by atoms with E-state index in [4.69, 9.17) is 9.47 Å². The molecule has 1 heterocycles. The molecule has 0 aliphatic carbocycles. The average molecular weight is 347 g/mol. The number of carbonyl (C=O) groups excluding carboxylic acids is 1. The highest BCUT2D eigenvalue weighted by atomic mass is 16.7. The summed E-state index contributed by atoms with van der Waals surface area (Å²) in [6, 6.07) is 7.78. The molecule has 140 valence electrons. The highest BCUT2D eigenvalue weighted by molar-refractivity contribution is 5.75. The Balaban J connectivity index is 1.42. The van der Waals surface area contributed by atoms with E-state index >= 15 is 0 Å². The van der Waals surface area contributed by atoms with Gasteiger partial charge in [0.1, 0.15) is 6.29 Å². The van der Waals surface area contributed by atoms with E-state index in [-0.39, 0.29) is 6.29 Å². The first-order valence-electron chi connectivity index (χ1n) is 9.79. The third-order valence-corrected chi connectivity index (χ3v) is 4.80. The lowest BCUT2D eigenvalue weighted by Crippen LogP contribution is -2.22. The van der Waals surface area contributed by atoms with Gasteiger partial charge in [-0.25, -0.2) is 0 Å². The van der Waals surface area contributed by atoms with Crippen LogP contribution in [-0.4, -0.2) is 39.4 Å². The summed E-state index contributed by atoms with van der Waals surface area (Å²) in [5.74, 6) is 0. The molecule has 1 aromatic rings. The number of aldehydes is 1. The van der Waals surface area contributed by atoms with E-state index in [9.17, 15) is 4.79 Å². The van der Waals surface area contributed by atoms with Gasteiger partial charge in [-0.1, -0.05) is 25.7 Å². The lowest BCUT2D eigenvalue weighted by Gasteiger charge is -2.22. The molecule has 2 rings (SSSR count). The maximum atomic E-state index is 10.7. The number of hydrogen-bond acceptors (Lipinski definition) is 4. The molecule has 1 fully saturated rings. The van der Waals surface area contributed by atoms with Crippen molar-refractivity contribution in [2.45, 2.75) is 64.1 Å². The Labute approximate surface area is 152 Å². The van der Waals surface area contributed by atoms with Crippen molar-refractivity contribution in [3.8, 4) is 0 Å². The van der Waals surface area contributed by atoms with Gasteiger partial charge in [0.2, 0.25) is 0 Å². The Kier molecular flexibility index (Phi) is 9.60. The second-order valence-corrected chi connectivity index (χ2v) is 6.92. The summed E-state index contributed by atoms with van der Waals surface area (Å²) < 4.78 is 11.3. The van der Waals surface area contributed by atoms with Crippen LogP contribution in [0.5, 0.6) is 0 Å². The minimum atomic E-state index is 0.0601. The Morgan fingerprint density at radius 1 is 1.08 bits per heavy atom. The van der Waals surface area contributed by atoms with Gasteiger partial charge in [0, 0.05) is 38.1 Å². The number of ether oxygens (including phenoxy) is 2. The topological polar surface area (TPSA) is 38.8 Å². The van der Waals surface area contributed by atoms with Crippen LogP contribution in [0.15, 0.2) is 24.3 Å². The molecule has 0 amide bonds. The van der Waals surface area contributed by atoms with Crippen molar-refractivity contribution in [2.24, 2.45) is 0 Å². The molecule has 0 radical (unpaired) electrons. The van der Waals surface area contributed by atoms with Crippen molar-refractivity contribution >= 4 is 12.0 Å². The fraction of sp³-hybridized carbons (Fsp3) is 0.667. The van der Waals surface area contributed by atoms with Crippen molar-refractivity contribution in [2.75, 3.05) is 31.7 Å². The van der Waals surface area contributed by atoms with Crippen molar-refractivity contribution in [3.05, 3.63) is 29.8 Å². The summed E-state index contributed by atoms with van der Waals surface area (Å²) in [7, 11) is 2.11. The molecule has 1 aromatic carbocycles. The van der Waals surface area contributed by atoms with Crippen molar-refractivity contribution < 1.29 is 14.3 Å². The lowest BCUT2D eigenvalue weighted by molar-refractivity contribution is -0.162. The first-order chi connectivity index (χ1) is 12.3. The molecular weight excluding hydrogens is 314 g/mol. The maximum absolute atomic E-state index is 10.7. The zero-order valence-electron chi connectivity index (χ0n) is 15.6. The fourth-order valence-corrected chi connectivity index (χ4v) is 3.15. The van der Waals surface area contributed by atoms with E-state index in [0.29, 0.717) is 0 Å². The number of rotatable bonds is 12. The van der Waals surface area contributed by atoms with Crippen LogP contribution in [-0.2, 0) is 9.47 Å². The van der Waals surface area contributed by atoms with Crippen LogP contribution in [0.25, 0.3) is 0 Å². The second-order valence-electron chi connectivity index (χ2n) is 6.92. The molecule has 1 saturated heterocycles. The summed E-state index contributed by atoms with van der Waals surface area (Å²) in [4.78, 5) is 12.9. The van der Waals surface area contributed by atoms with Gasteiger partial charge in [-0.15, -0.1) is 0 Å². The number of nitrogens with zero attached hydrogens (tertiary/aromatic N) is 1. The standard InChI is InChI=1S/C21H33NO3/c1-22(20-13-11-19(18-23)12-14-20)15-7-4-2-3-5-8-16-24-21-10-6-9-17-25-21/h11-14,18,21H,2-10,15-17H2,1H3. The Morgan fingerprint density at radius 3 is 2.48 bits per heavy atom. The van der Waals surface area contributed by atoms with E-state index in [1.165, 1.54) is 50.6 Å². The Hall–Kier alpha value is -1.39. The van der Waals surface area contributed by atoms with Crippen LogP contribution in [0.4, 0.5) is 5.69 Å². The predicted molar refractivity (Wildman–Crippen MR) is 102 cm³/mol. The highest BCUT2D eigenvalue weighted by Gasteiger charge is 2.13. The van der Waals surface area contributed by atoms with E-state index in [2.05, 4.69) is 11.9 Å². The van der Waals surface area contributed by atoms with Gasteiger partial charge >= 0.3 is 0 Å². The summed E-state index contributed by atoms with van der Waals surface area (Å²) in [6.07, 6.45) is 11.9. The van der Waals surface area contributed by atoms with Gasteiger partial charge < -0.3 is 14.4 Å². The van der Waals surface area contributed by atoms with Gasteiger partial charge in [0.25, 0.3) is 0 Å². The SMILES string of the molecule is CN(CCCCCCCCOC1CCCCO1)c1ccc(C=O)cc1. The number of hydrogen-bond donors (Lipinski definition) is 0. The molecular formula is C21H33NO3. The zero-order chi connectivity index (χ0) is 17.7. The molecule has 0 saturated carbocycles. The first kappa shape index (κ1) is 19.9. The van der Waals surface area contributed by atoms with E-state index < -0.39 is 0 Å². The molecule has 1 aliphatic rings. The van der Waals surface area contributed by atoms with Crippen LogP contribution in [0.1, 0.15) is 68.1 Å². The second kappa shape index (κ2) is 12.0. The molecule has 0 N–H and O–H groups in total. The molecule has 1 aliphatic heterocycles. The smallest absolute Gasteiger partial charge is 0.157 e. The third-order valence-electron chi connectivity index (χ3n) is 4.80. The van der Waals surface area contributed by atoms with Gasteiger partial charge in [-0.3, -0.25) is 4.79 Å². The minimum Gasteiger partial charge on any atom is -0.375 e. The molecule has 25 heavy (non-hydrogen) atoms. The molecule has 4 nitrogen and oxygen atoms in total. The quantitative estimate of drug-likeness (QED) is 0.401. The molecule has 0 bridgehead atoms. The van der Waals surface area contributed by atoms with Crippen LogP contribution in [0, 0.1) is 0 Å². The third kappa shape index (κ3) is 8.02. The highest BCUT2D eigenvalue weighted by Crippen LogP contribution is 2.16. The zero-order valence-corrected chi connectivity index (χ0v) is 15.6. The summed E-state index contributed by atoms with van der Waals surface area (Å²) in [5, 5.41) is 0. The van der Waals surface area contributed by atoms with E-state index in [1.54, 1.807) is 0 Å². The van der Waals surface area contributed by atoms with Crippen LogP contribution in [0.2, 0.25) is 0 Å². The minimum absolute atomic E-state index is 0.0601. The summed E-state index contributed by atoms with van der Waals surface area (Å²) in [6.45, 7) is 2.76. The van der Waals surface area contributed by atoms with Crippen LogP contribution in [0.3, 0.4) is 0 Å². The molecule has 1 atom stereocenters. The molecule has 0 aromatic heterocycles. The molecule has 1 unspecified atom stereocenters. The van der Waals surface area contributed by atoms with Gasteiger partial charge in [0.05, 0.1) is 0 Å². The van der Waals surface area contributed by atoms with Gasteiger partial charge in [0.15, 0.2) is 6.29 Å². The average Bonchev–Trinajstić information content (AvgIpc) is 2.67. The van der Waals surface area contributed by atoms with E-state index in [1.807, 2.05) is 24.3 Å². The number of carbonyl (C=O) groups is 1. The first-order valence-corrected chi connectivity index (χ1v) is 9.79. The normalized spacial score (nSPS) is 17.4. The number of unbranched alkanes of at least 4 members (excludes halogenated alkanes) is 5. The predicted octanol–water partition coefficient (Wildman–Crippen LogP) is 4.82. The monoisotopic (exact) mass is 347 g/mol. The maximum Gasteiger partial charge on any atom is 0.157 e. The molecule has 4 heteroatoms. The van der Waals surface area contributed by atoms with Crippen LogP contribution >= 0.6 is 0 Å². The van der Waals surface area contributed by atoms with Crippen molar-refractivity contribution in [3.63, 3.8) is 0 Å². The van der Waals surface area contributed by atoms with Crippen molar-refractivity contribution in [1.29, 1.82) is 0 Å².